The van der Waals surface area contributed by atoms with Crippen LogP contribution in [-0.2, 0) is 11.8 Å². The summed E-state index contributed by atoms with van der Waals surface area (Å²) >= 11 is 0. The Balaban J connectivity index is 2.95. The highest BCUT2D eigenvalue weighted by Gasteiger charge is 2.34. The predicted octanol–water partition coefficient (Wildman–Crippen LogP) is 2.47. The Kier molecular flexibility index (Phi) is 2.56. The molecule has 3 nitrogen and oxygen atoms in total. The van der Waals surface area contributed by atoms with Crippen LogP contribution in [0.15, 0.2) is 4.63 Å². The van der Waals surface area contributed by atoms with Crippen LogP contribution in [-0.4, -0.2) is 16.5 Å². The number of hydrogen-bond acceptors (Lipinski definition) is 3. The molecule has 14 heavy (non-hydrogen) atoms. The van der Waals surface area contributed by atoms with Crippen molar-refractivity contribution >= 4 is 0 Å². The van der Waals surface area contributed by atoms with Gasteiger partial charge in [-0.2, -0.15) is 13.2 Å². The zero-order valence-electron chi connectivity index (χ0n) is 8.14. The van der Waals surface area contributed by atoms with Crippen molar-refractivity contribution in [2.75, 3.05) is 0 Å². The standard InChI is InChI=1S/C8H11F3N2O/c1-7(2,3)6-5(12-14-13-6)4-8(9,10)11/h4H2,1-3H3. The van der Waals surface area contributed by atoms with Crippen LogP contribution in [0.1, 0.15) is 32.2 Å². The first-order valence-electron chi connectivity index (χ1n) is 4.09. The van der Waals surface area contributed by atoms with E-state index in [9.17, 15) is 13.2 Å². The number of aromatic nitrogens is 2. The van der Waals surface area contributed by atoms with Crippen molar-refractivity contribution in [3.63, 3.8) is 0 Å². The van der Waals surface area contributed by atoms with Gasteiger partial charge in [0.15, 0.2) is 0 Å². The van der Waals surface area contributed by atoms with Gasteiger partial charge in [0.05, 0.1) is 6.42 Å². The zero-order chi connectivity index (χ0) is 11.0. The topological polar surface area (TPSA) is 38.9 Å². The largest absolute Gasteiger partial charge is 0.394 e. The fourth-order valence-corrected chi connectivity index (χ4v) is 1.08. The molecule has 0 aliphatic carbocycles. The molecule has 0 fully saturated rings. The molecule has 6 heteroatoms. The second kappa shape index (κ2) is 3.25. The average molecular weight is 208 g/mol. The smallest absolute Gasteiger partial charge is 0.244 e. The maximum atomic E-state index is 12.1. The third-order valence-corrected chi connectivity index (χ3v) is 1.63. The summed E-state index contributed by atoms with van der Waals surface area (Å²) in [6.07, 6.45) is -5.37. The molecule has 1 aromatic heterocycles. The fourth-order valence-electron chi connectivity index (χ4n) is 1.08. The lowest BCUT2D eigenvalue weighted by molar-refractivity contribution is -0.128. The normalized spacial score (nSPS) is 13.3. The molecule has 1 heterocycles. The van der Waals surface area contributed by atoms with Crippen molar-refractivity contribution in [3.05, 3.63) is 11.4 Å². The molecular formula is C8H11F3N2O. The van der Waals surface area contributed by atoms with Crippen molar-refractivity contribution in [3.8, 4) is 0 Å². The van der Waals surface area contributed by atoms with E-state index in [1.165, 1.54) is 0 Å². The van der Waals surface area contributed by atoms with Crippen molar-refractivity contribution in [1.29, 1.82) is 0 Å². The molecule has 0 amide bonds. The van der Waals surface area contributed by atoms with Crippen LogP contribution < -0.4 is 0 Å². The summed E-state index contributed by atoms with van der Waals surface area (Å²) < 4.78 is 40.6. The molecule has 0 bridgehead atoms. The third-order valence-electron chi connectivity index (χ3n) is 1.63. The Hall–Kier alpha value is -1.07. The van der Waals surface area contributed by atoms with Crippen LogP contribution in [0.2, 0.25) is 0 Å². The second-order valence-corrected chi connectivity index (χ2v) is 4.10. The molecule has 0 aliphatic heterocycles. The van der Waals surface area contributed by atoms with Crippen LogP contribution in [0.3, 0.4) is 0 Å². The minimum absolute atomic E-state index is 0.134. The molecule has 1 aromatic rings. The summed E-state index contributed by atoms with van der Waals surface area (Å²) in [5.74, 6) is 0. The van der Waals surface area contributed by atoms with E-state index < -0.39 is 18.0 Å². The van der Waals surface area contributed by atoms with E-state index in [-0.39, 0.29) is 11.4 Å². The molecule has 0 N–H and O–H groups in total. The van der Waals surface area contributed by atoms with E-state index in [0.29, 0.717) is 0 Å². The SMILES string of the molecule is CC(C)(C)c1nonc1CC(F)(F)F. The predicted molar refractivity (Wildman–Crippen MR) is 42.8 cm³/mol. The van der Waals surface area contributed by atoms with Crippen LogP contribution in [0.25, 0.3) is 0 Å². The monoisotopic (exact) mass is 208 g/mol. The van der Waals surface area contributed by atoms with Gasteiger partial charge >= 0.3 is 6.18 Å². The maximum absolute atomic E-state index is 12.1. The van der Waals surface area contributed by atoms with Crippen LogP contribution in [0.4, 0.5) is 13.2 Å². The minimum Gasteiger partial charge on any atom is -0.244 e. The van der Waals surface area contributed by atoms with Crippen LogP contribution in [0, 0.1) is 0 Å². The van der Waals surface area contributed by atoms with Gasteiger partial charge < -0.3 is 0 Å². The van der Waals surface area contributed by atoms with Crippen LogP contribution in [0.5, 0.6) is 0 Å². The number of rotatable bonds is 1. The highest BCUT2D eigenvalue weighted by molar-refractivity contribution is 5.17. The van der Waals surface area contributed by atoms with Gasteiger partial charge in [-0.1, -0.05) is 31.1 Å². The Morgan fingerprint density at radius 2 is 1.71 bits per heavy atom. The van der Waals surface area contributed by atoms with Gasteiger partial charge in [-0.15, -0.1) is 0 Å². The van der Waals surface area contributed by atoms with E-state index in [0.717, 1.165) is 0 Å². The molecule has 0 unspecified atom stereocenters. The lowest BCUT2D eigenvalue weighted by Crippen LogP contribution is -2.19. The number of alkyl halides is 3. The van der Waals surface area contributed by atoms with E-state index in [2.05, 4.69) is 14.9 Å². The minimum atomic E-state index is -4.28. The van der Waals surface area contributed by atoms with Crippen molar-refractivity contribution in [1.82, 2.24) is 10.3 Å². The van der Waals surface area contributed by atoms with E-state index in [1.807, 2.05) is 0 Å². The fraction of sp³-hybridized carbons (Fsp3) is 0.750. The molecule has 80 valence electrons. The Bertz CT molecular complexity index is 311. The summed E-state index contributed by atoms with van der Waals surface area (Å²) in [6.45, 7) is 5.27. The van der Waals surface area contributed by atoms with Gasteiger partial charge in [-0.3, -0.25) is 0 Å². The van der Waals surface area contributed by atoms with E-state index >= 15 is 0 Å². The first-order valence-corrected chi connectivity index (χ1v) is 4.09. The number of nitrogens with zero attached hydrogens (tertiary/aromatic N) is 2. The molecular weight excluding hydrogens is 197 g/mol. The van der Waals surface area contributed by atoms with Crippen molar-refractivity contribution in [2.24, 2.45) is 0 Å². The van der Waals surface area contributed by atoms with Crippen molar-refractivity contribution < 1.29 is 17.8 Å². The first-order chi connectivity index (χ1) is 6.20. The molecule has 0 saturated heterocycles. The highest BCUT2D eigenvalue weighted by Crippen LogP contribution is 2.27. The quantitative estimate of drug-likeness (QED) is 0.711. The maximum Gasteiger partial charge on any atom is 0.394 e. The molecule has 0 radical (unpaired) electrons. The molecule has 0 aliphatic rings. The highest BCUT2D eigenvalue weighted by atomic mass is 19.4. The van der Waals surface area contributed by atoms with Gasteiger partial charge in [0.2, 0.25) is 0 Å². The molecule has 0 spiro atoms. The van der Waals surface area contributed by atoms with E-state index in [4.69, 9.17) is 0 Å². The molecule has 0 saturated carbocycles. The summed E-state index contributed by atoms with van der Waals surface area (Å²) in [5, 5.41) is 6.75. The molecule has 1 rings (SSSR count). The Morgan fingerprint density at radius 3 is 2.14 bits per heavy atom. The second-order valence-electron chi connectivity index (χ2n) is 4.10. The number of halogens is 3. The van der Waals surface area contributed by atoms with Gasteiger partial charge in [0.1, 0.15) is 11.4 Å². The lowest BCUT2D eigenvalue weighted by Gasteiger charge is -2.15. The summed E-state index contributed by atoms with van der Waals surface area (Å²) in [5.41, 5.74) is -0.361. The molecule has 0 aromatic carbocycles. The zero-order valence-corrected chi connectivity index (χ0v) is 8.14. The Morgan fingerprint density at radius 1 is 1.14 bits per heavy atom. The summed E-state index contributed by atoms with van der Waals surface area (Å²) in [4.78, 5) is 0. The third kappa shape index (κ3) is 2.71. The van der Waals surface area contributed by atoms with Gasteiger partial charge in [-0.05, 0) is 0 Å². The summed E-state index contributed by atoms with van der Waals surface area (Å²) in [7, 11) is 0. The van der Waals surface area contributed by atoms with E-state index in [1.54, 1.807) is 20.8 Å². The van der Waals surface area contributed by atoms with Crippen LogP contribution >= 0.6 is 0 Å². The van der Waals surface area contributed by atoms with Gasteiger partial charge in [0.25, 0.3) is 0 Å². The van der Waals surface area contributed by atoms with Gasteiger partial charge in [-0.25, -0.2) is 4.63 Å². The Labute approximate surface area is 79.3 Å². The molecule has 0 atom stereocenters. The van der Waals surface area contributed by atoms with Gasteiger partial charge in [0, 0.05) is 5.41 Å². The average Bonchev–Trinajstić information content (AvgIpc) is 2.29. The lowest BCUT2D eigenvalue weighted by atomic mass is 9.90. The summed E-state index contributed by atoms with van der Waals surface area (Å²) in [6, 6.07) is 0. The first kappa shape index (κ1) is 11.0. The van der Waals surface area contributed by atoms with Crippen molar-refractivity contribution in [2.45, 2.75) is 38.8 Å². The number of hydrogen-bond donors (Lipinski definition) is 0.